The van der Waals surface area contributed by atoms with E-state index in [0.717, 1.165) is 41.7 Å². The van der Waals surface area contributed by atoms with E-state index in [1.54, 1.807) is 24.3 Å². The maximum atomic E-state index is 13.3. The zero-order valence-corrected chi connectivity index (χ0v) is 13.5. The van der Waals surface area contributed by atoms with Crippen LogP contribution >= 0.6 is 0 Å². The quantitative estimate of drug-likeness (QED) is 0.710. The second-order valence-electron chi connectivity index (χ2n) is 5.84. The predicted octanol–water partition coefficient (Wildman–Crippen LogP) is 4.09. The average molecular weight is 333 g/mol. The molecule has 25 heavy (non-hydrogen) atoms. The highest BCUT2D eigenvalue weighted by Crippen LogP contribution is 2.32. The number of nitrogens with zero attached hydrogens (tertiary/aromatic N) is 3. The molecule has 1 aliphatic rings. The number of aromatic nitrogens is 2. The molecule has 2 N–H and O–H groups in total. The molecule has 0 atom stereocenters. The van der Waals surface area contributed by atoms with Gasteiger partial charge in [-0.05, 0) is 36.4 Å². The van der Waals surface area contributed by atoms with Crippen LogP contribution in [0.25, 0.3) is 16.1 Å². The second-order valence-corrected chi connectivity index (χ2v) is 5.84. The van der Waals surface area contributed by atoms with Crippen LogP contribution in [0.3, 0.4) is 0 Å². The molecule has 0 unspecified atom stereocenters. The van der Waals surface area contributed by atoms with Gasteiger partial charge in [0.15, 0.2) is 5.69 Å². The smallest absolute Gasteiger partial charge is 0.187 e. The molecular weight excluding hydrogens is 317 g/mol. The Labute approximate surface area is 145 Å². The topological polar surface area (TPSA) is 46.2 Å². The van der Waals surface area contributed by atoms with E-state index in [2.05, 4.69) is 20.0 Å². The Bertz CT molecular complexity index is 936. The Morgan fingerprint density at radius 2 is 1.88 bits per heavy atom. The number of nitrogens with one attached hydrogen (secondary N) is 2. The van der Waals surface area contributed by atoms with Crippen LogP contribution in [-0.2, 0) is 13.1 Å². The summed E-state index contributed by atoms with van der Waals surface area (Å²) in [5, 5.41) is 6.74. The number of hydrogen-bond donors (Lipinski definition) is 2. The zero-order chi connectivity index (χ0) is 17.2. The van der Waals surface area contributed by atoms with Crippen LogP contribution in [0, 0.1) is 12.4 Å². The van der Waals surface area contributed by atoms with Crippen molar-refractivity contribution in [2.24, 2.45) is 0 Å². The Morgan fingerprint density at radius 3 is 2.60 bits per heavy atom. The van der Waals surface area contributed by atoms with E-state index < -0.39 is 0 Å². The lowest BCUT2D eigenvalue weighted by molar-refractivity contribution is 0.509. The molecule has 6 heteroatoms. The van der Waals surface area contributed by atoms with Crippen molar-refractivity contribution in [2.75, 3.05) is 11.9 Å². The standard InChI is InChI=1S/C19H16FN5/c1-21-15-6-8-16(9-7-15)23-19-18(13-2-4-14(20)5-3-13)24-17-12-22-10-11-25(17)19/h2-9,22-23H,10-12H2. The Balaban J connectivity index is 1.77. The summed E-state index contributed by atoms with van der Waals surface area (Å²) in [6.07, 6.45) is 0. The second kappa shape index (κ2) is 6.38. The van der Waals surface area contributed by atoms with Crippen molar-refractivity contribution in [3.63, 3.8) is 0 Å². The van der Waals surface area contributed by atoms with Crippen molar-refractivity contribution in [3.8, 4) is 11.3 Å². The van der Waals surface area contributed by atoms with E-state index in [-0.39, 0.29) is 5.82 Å². The first-order valence-electron chi connectivity index (χ1n) is 8.05. The molecule has 124 valence electrons. The van der Waals surface area contributed by atoms with E-state index in [1.165, 1.54) is 12.1 Å². The van der Waals surface area contributed by atoms with E-state index in [4.69, 9.17) is 11.6 Å². The fourth-order valence-electron chi connectivity index (χ4n) is 2.96. The van der Waals surface area contributed by atoms with Crippen molar-refractivity contribution in [1.29, 1.82) is 0 Å². The summed E-state index contributed by atoms with van der Waals surface area (Å²) in [6.45, 7) is 9.44. The maximum absolute atomic E-state index is 13.3. The lowest BCUT2D eigenvalue weighted by atomic mass is 10.1. The van der Waals surface area contributed by atoms with Crippen molar-refractivity contribution in [2.45, 2.75) is 13.1 Å². The number of fused-ring (bicyclic) bond motifs is 1. The van der Waals surface area contributed by atoms with Crippen molar-refractivity contribution >= 4 is 17.2 Å². The van der Waals surface area contributed by atoms with Gasteiger partial charge in [0.05, 0.1) is 13.1 Å². The average Bonchev–Trinajstić information content (AvgIpc) is 3.02. The summed E-state index contributed by atoms with van der Waals surface area (Å²) >= 11 is 0. The molecule has 0 saturated carbocycles. The summed E-state index contributed by atoms with van der Waals surface area (Å²) in [5.74, 6) is 1.57. The summed E-state index contributed by atoms with van der Waals surface area (Å²) < 4.78 is 15.4. The van der Waals surface area contributed by atoms with Gasteiger partial charge < -0.3 is 15.2 Å². The lowest BCUT2D eigenvalue weighted by Gasteiger charge is -2.18. The van der Waals surface area contributed by atoms with Gasteiger partial charge in [0.2, 0.25) is 0 Å². The first-order valence-corrected chi connectivity index (χ1v) is 8.05. The summed E-state index contributed by atoms with van der Waals surface area (Å²) in [5.41, 5.74) is 3.15. The Morgan fingerprint density at radius 1 is 1.12 bits per heavy atom. The lowest BCUT2D eigenvalue weighted by Crippen LogP contribution is -2.28. The third-order valence-corrected chi connectivity index (χ3v) is 4.22. The van der Waals surface area contributed by atoms with Gasteiger partial charge in [-0.15, -0.1) is 0 Å². The molecule has 0 fully saturated rings. The van der Waals surface area contributed by atoms with E-state index in [9.17, 15) is 4.39 Å². The molecule has 5 nitrogen and oxygen atoms in total. The molecule has 0 bridgehead atoms. The van der Waals surface area contributed by atoms with Gasteiger partial charge in [0, 0.05) is 24.3 Å². The SMILES string of the molecule is [C-]#[N+]c1ccc(Nc2c(-c3ccc(F)cc3)nc3n2CCNC3)cc1. The monoisotopic (exact) mass is 333 g/mol. The van der Waals surface area contributed by atoms with E-state index >= 15 is 0 Å². The molecule has 0 amide bonds. The molecule has 1 aromatic heterocycles. The van der Waals surface area contributed by atoms with Gasteiger partial charge in [-0.2, -0.15) is 0 Å². The van der Waals surface area contributed by atoms with Gasteiger partial charge >= 0.3 is 0 Å². The number of halogens is 1. The minimum Gasteiger partial charge on any atom is -0.340 e. The molecule has 2 heterocycles. The van der Waals surface area contributed by atoms with Crippen LogP contribution in [0.15, 0.2) is 48.5 Å². The molecule has 3 aromatic rings. The van der Waals surface area contributed by atoms with Crippen molar-refractivity contribution < 1.29 is 4.39 Å². The van der Waals surface area contributed by atoms with Crippen LogP contribution in [0.5, 0.6) is 0 Å². The molecule has 0 spiro atoms. The highest BCUT2D eigenvalue weighted by Gasteiger charge is 2.20. The fraction of sp³-hybridized carbons (Fsp3) is 0.158. The third-order valence-electron chi connectivity index (χ3n) is 4.22. The van der Waals surface area contributed by atoms with Crippen LogP contribution in [0.2, 0.25) is 0 Å². The fourth-order valence-corrected chi connectivity index (χ4v) is 2.96. The zero-order valence-electron chi connectivity index (χ0n) is 13.5. The summed E-state index contributed by atoms with van der Waals surface area (Å²) in [7, 11) is 0. The Hall–Kier alpha value is -3.17. The molecule has 0 saturated heterocycles. The maximum Gasteiger partial charge on any atom is 0.187 e. The van der Waals surface area contributed by atoms with Crippen molar-refractivity contribution in [3.05, 3.63) is 71.6 Å². The van der Waals surface area contributed by atoms with Crippen molar-refractivity contribution in [1.82, 2.24) is 14.9 Å². The largest absolute Gasteiger partial charge is 0.340 e. The number of benzene rings is 2. The van der Waals surface area contributed by atoms with Crippen LogP contribution in [-0.4, -0.2) is 16.1 Å². The van der Waals surface area contributed by atoms with Gasteiger partial charge in [0.25, 0.3) is 0 Å². The number of anilines is 2. The van der Waals surface area contributed by atoms with Crippen LogP contribution in [0.4, 0.5) is 21.6 Å². The van der Waals surface area contributed by atoms with Crippen LogP contribution < -0.4 is 10.6 Å². The number of rotatable bonds is 3. The van der Waals surface area contributed by atoms with Gasteiger partial charge in [0.1, 0.15) is 23.2 Å². The molecule has 1 aliphatic heterocycles. The van der Waals surface area contributed by atoms with Gasteiger partial charge in [-0.25, -0.2) is 14.2 Å². The minimum atomic E-state index is -0.265. The third kappa shape index (κ3) is 2.97. The highest BCUT2D eigenvalue weighted by atomic mass is 19.1. The first kappa shape index (κ1) is 15.4. The minimum absolute atomic E-state index is 0.265. The number of imidazole rings is 1. The Kier molecular flexibility index (Phi) is 3.92. The molecular formula is C19H16FN5. The van der Waals surface area contributed by atoms with Gasteiger partial charge in [-0.1, -0.05) is 12.1 Å². The molecule has 0 aliphatic carbocycles. The number of hydrogen-bond acceptors (Lipinski definition) is 3. The van der Waals surface area contributed by atoms with Crippen LogP contribution in [0.1, 0.15) is 5.82 Å². The highest BCUT2D eigenvalue weighted by molar-refractivity contribution is 5.77. The van der Waals surface area contributed by atoms with E-state index in [1.807, 2.05) is 12.1 Å². The van der Waals surface area contributed by atoms with E-state index in [0.29, 0.717) is 12.2 Å². The molecule has 4 rings (SSSR count). The van der Waals surface area contributed by atoms with Gasteiger partial charge in [-0.3, -0.25) is 0 Å². The molecule has 2 aromatic carbocycles. The first-order chi connectivity index (χ1) is 12.2. The summed E-state index contributed by atoms with van der Waals surface area (Å²) in [6, 6.07) is 13.7. The molecule has 0 radical (unpaired) electrons. The normalized spacial score (nSPS) is 13.1. The summed E-state index contributed by atoms with van der Waals surface area (Å²) in [4.78, 5) is 8.16. The predicted molar refractivity (Wildman–Crippen MR) is 95.3 cm³/mol.